The van der Waals surface area contributed by atoms with Crippen LogP contribution in [0.2, 0.25) is 0 Å². The van der Waals surface area contributed by atoms with Crippen LogP contribution in [0, 0.1) is 19.8 Å². The smallest absolute Gasteiger partial charge is 0.407 e. The molecule has 0 spiro atoms. The summed E-state index contributed by atoms with van der Waals surface area (Å²) in [6.07, 6.45) is 0.590. The Morgan fingerprint density at radius 3 is 2.02 bits per heavy atom. The maximum Gasteiger partial charge on any atom is 0.407 e. The van der Waals surface area contributed by atoms with Crippen molar-refractivity contribution in [2.24, 2.45) is 5.92 Å². The number of carboxylic acids is 1. The van der Waals surface area contributed by atoms with E-state index in [0.717, 1.165) is 28.0 Å². The van der Waals surface area contributed by atoms with E-state index in [1.165, 1.54) is 6.08 Å². The van der Waals surface area contributed by atoms with E-state index in [2.05, 4.69) is 5.32 Å². The van der Waals surface area contributed by atoms with Crippen molar-refractivity contribution in [2.75, 3.05) is 0 Å². The fraction of sp³-hybridized carbons (Fsp3) is 0.515. The lowest BCUT2D eigenvalue weighted by atomic mass is 9.91. The molecule has 0 aliphatic heterocycles. The van der Waals surface area contributed by atoms with Gasteiger partial charge in [0.1, 0.15) is 17.0 Å². The maximum absolute atomic E-state index is 12.7. The number of alkyl carbamates (subject to hydrolysis) is 1. The van der Waals surface area contributed by atoms with Gasteiger partial charge >= 0.3 is 12.1 Å². The van der Waals surface area contributed by atoms with E-state index in [1.54, 1.807) is 26.8 Å². The number of aliphatic hydroxyl groups is 2. The average Bonchev–Trinajstić information content (AvgIpc) is 2.82. The van der Waals surface area contributed by atoms with E-state index < -0.39 is 41.8 Å². The van der Waals surface area contributed by atoms with Crippen molar-refractivity contribution in [3.8, 4) is 5.75 Å². The highest BCUT2D eigenvalue weighted by Gasteiger charge is 2.27. The van der Waals surface area contributed by atoms with E-state index >= 15 is 0 Å². The molecular weight excluding hydrogens is 522 g/mol. The van der Waals surface area contributed by atoms with Crippen LogP contribution in [0.4, 0.5) is 4.79 Å². The number of aryl methyl sites for hydroxylation is 2. The number of carbonyl (C=O) groups excluding carboxylic acids is 1. The molecule has 226 valence electrons. The number of ether oxygens (including phenoxy) is 2. The molecule has 1 amide bonds. The normalized spacial score (nSPS) is 15.2. The second-order valence-electron chi connectivity index (χ2n) is 12.6. The Labute approximate surface area is 244 Å². The summed E-state index contributed by atoms with van der Waals surface area (Å²) < 4.78 is 11.5. The van der Waals surface area contributed by atoms with E-state index in [-0.39, 0.29) is 18.4 Å². The highest BCUT2D eigenvalue weighted by Crippen LogP contribution is 2.27. The van der Waals surface area contributed by atoms with Gasteiger partial charge in [0.25, 0.3) is 0 Å². The monoisotopic (exact) mass is 569 g/mol. The van der Waals surface area contributed by atoms with E-state index in [1.807, 2.05) is 77.1 Å². The Morgan fingerprint density at radius 2 is 1.51 bits per heavy atom. The van der Waals surface area contributed by atoms with Crippen molar-refractivity contribution >= 4 is 12.1 Å². The topological polar surface area (TPSA) is 125 Å². The molecule has 4 N–H and O–H groups in total. The quantitative estimate of drug-likeness (QED) is 0.248. The minimum atomic E-state index is -1.25. The van der Waals surface area contributed by atoms with Crippen LogP contribution in [0.1, 0.15) is 70.2 Å². The van der Waals surface area contributed by atoms with E-state index in [4.69, 9.17) is 9.47 Å². The van der Waals surface area contributed by atoms with Crippen LogP contribution in [0.25, 0.3) is 0 Å². The van der Waals surface area contributed by atoms with Crippen molar-refractivity contribution in [3.63, 3.8) is 0 Å². The second-order valence-corrected chi connectivity index (χ2v) is 12.6. The van der Waals surface area contributed by atoms with Crippen molar-refractivity contribution in [3.05, 3.63) is 76.9 Å². The Hall–Kier alpha value is -3.36. The summed E-state index contributed by atoms with van der Waals surface area (Å²) in [5.41, 5.74) is 2.62. The molecule has 8 nitrogen and oxygen atoms in total. The molecule has 0 fully saturated rings. The molecule has 0 aliphatic rings. The molecule has 0 saturated carbocycles. The first kappa shape index (κ1) is 33.8. The fourth-order valence-corrected chi connectivity index (χ4v) is 4.53. The number of amides is 1. The van der Waals surface area contributed by atoms with Gasteiger partial charge in [0.05, 0.1) is 24.2 Å². The van der Waals surface area contributed by atoms with Gasteiger partial charge in [-0.25, -0.2) is 4.79 Å². The van der Waals surface area contributed by atoms with Crippen LogP contribution < -0.4 is 10.1 Å². The summed E-state index contributed by atoms with van der Waals surface area (Å²) in [6.45, 7) is 15.2. The number of rotatable bonds is 12. The van der Waals surface area contributed by atoms with E-state index in [0.29, 0.717) is 6.42 Å². The third-order valence-corrected chi connectivity index (χ3v) is 6.42. The van der Waals surface area contributed by atoms with Crippen molar-refractivity contribution < 1.29 is 34.4 Å². The van der Waals surface area contributed by atoms with Gasteiger partial charge in [0.15, 0.2) is 0 Å². The summed E-state index contributed by atoms with van der Waals surface area (Å²) in [5.74, 6) is -1.41. The van der Waals surface area contributed by atoms with E-state index in [9.17, 15) is 24.9 Å². The van der Waals surface area contributed by atoms with Gasteiger partial charge in [-0.2, -0.15) is 0 Å². The van der Waals surface area contributed by atoms with Gasteiger partial charge in [0.2, 0.25) is 0 Å². The largest absolute Gasteiger partial charge is 0.488 e. The number of carbonyl (C=O) groups is 2. The van der Waals surface area contributed by atoms with Crippen LogP contribution in [-0.4, -0.2) is 56.8 Å². The zero-order chi connectivity index (χ0) is 31.0. The summed E-state index contributed by atoms with van der Waals surface area (Å²) >= 11 is 0. The molecule has 2 aromatic rings. The van der Waals surface area contributed by atoms with Gasteiger partial charge in [-0.3, -0.25) is 4.79 Å². The van der Waals surface area contributed by atoms with Gasteiger partial charge in [-0.05, 0) is 109 Å². The standard InChI is InChI=1S/C33H47NO7/c1-21-17-24(40-32(3,4)5)18-22(2)25(21)20-27(34-31(39)41-33(6,7)8)29(36)16-12-15-28(35)26(30(37)38)19-23-13-10-9-11-14-23/h9-15,17-18,26-29,35-36H,16,19-20H2,1-8H3,(H,34,39)(H,37,38)/b15-12+/t26-,27+,28+,29+/m1/s1. The first-order valence-electron chi connectivity index (χ1n) is 14.0. The fourth-order valence-electron chi connectivity index (χ4n) is 4.53. The lowest BCUT2D eigenvalue weighted by Crippen LogP contribution is -2.46. The van der Waals surface area contributed by atoms with Crippen molar-refractivity contribution in [1.82, 2.24) is 5.32 Å². The Balaban J connectivity index is 2.22. The van der Waals surface area contributed by atoms with Crippen molar-refractivity contribution in [1.29, 1.82) is 0 Å². The zero-order valence-electron chi connectivity index (χ0n) is 25.6. The average molecular weight is 570 g/mol. The number of aliphatic carboxylic acids is 1. The number of hydrogen-bond donors (Lipinski definition) is 4. The summed E-state index contributed by atoms with van der Waals surface area (Å²) in [7, 11) is 0. The molecule has 0 unspecified atom stereocenters. The molecule has 4 atom stereocenters. The first-order chi connectivity index (χ1) is 18.9. The summed E-state index contributed by atoms with van der Waals surface area (Å²) in [4.78, 5) is 24.5. The lowest BCUT2D eigenvalue weighted by molar-refractivity contribution is -0.144. The van der Waals surface area contributed by atoms with Gasteiger partial charge < -0.3 is 30.1 Å². The Kier molecular flexibility index (Phi) is 12.0. The van der Waals surface area contributed by atoms with Gasteiger partial charge in [-0.1, -0.05) is 42.5 Å². The van der Waals surface area contributed by atoms with Crippen LogP contribution >= 0.6 is 0 Å². The summed E-state index contributed by atoms with van der Waals surface area (Å²) in [6, 6.07) is 12.3. The van der Waals surface area contributed by atoms with Gasteiger partial charge in [0, 0.05) is 0 Å². The molecule has 0 aliphatic carbocycles. The number of benzene rings is 2. The molecule has 41 heavy (non-hydrogen) atoms. The minimum absolute atomic E-state index is 0.0819. The predicted octanol–water partition coefficient (Wildman–Crippen LogP) is 5.53. The minimum Gasteiger partial charge on any atom is -0.488 e. The third-order valence-electron chi connectivity index (χ3n) is 6.42. The molecular formula is C33H47NO7. The highest BCUT2D eigenvalue weighted by atomic mass is 16.6. The highest BCUT2D eigenvalue weighted by molar-refractivity contribution is 5.71. The second kappa shape index (κ2) is 14.5. The summed E-state index contributed by atoms with van der Waals surface area (Å²) in [5, 5.41) is 34.3. The Bertz CT molecular complexity index is 1160. The van der Waals surface area contributed by atoms with Crippen LogP contribution in [0.5, 0.6) is 5.75 Å². The Morgan fingerprint density at radius 1 is 0.927 bits per heavy atom. The molecule has 2 aromatic carbocycles. The number of aliphatic hydroxyl groups excluding tert-OH is 2. The van der Waals surface area contributed by atoms with Crippen molar-refractivity contribution in [2.45, 2.75) is 104 Å². The molecule has 0 aromatic heterocycles. The molecule has 8 heteroatoms. The van der Waals surface area contributed by atoms with Crippen LogP contribution in [0.3, 0.4) is 0 Å². The number of nitrogens with one attached hydrogen (secondary N) is 1. The van der Waals surface area contributed by atoms with Crippen LogP contribution in [0.15, 0.2) is 54.6 Å². The number of carboxylic acid groups (broad SMARTS) is 1. The van der Waals surface area contributed by atoms with Gasteiger partial charge in [-0.15, -0.1) is 0 Å². The predicted molar refractivity (Wildman–Crippen MR) is 160 cm³/mol. The molecule has 0 bridgehead atoms. The zero-order valence-corrected chi connectivity index (χ0v) is 25.6. The SMILES string of the molecule is Cc1cc(OC(C)(C)C)cc(C)c1C[C@H](NC(=O)OC(C)(C)C)[C@@H](O)C/C=C/[C@H](O)[C@@H](Cc1ccccc1)C(=O)O. The molecule has 0 heterocycles. The molecule has 2 rings (SSSR count). The molecule has 0 radical (unpaired) electrons. The third kappa shape index (κ3) is 12.0. The number of hydrogen-bond acceptors (Lipinski definition) is 6. The lowest BCUT2D eigenvalue weighted by Gasteiger charge is -2.28. The first-order valence-corrected chi connectivity index (χ1v) is 14.0. The molecule has 0 saturated heterocycles. The maximum atomic E-state index is 12.7. The van der Waals surface area contributed by atoms with Crippen LogP contribution in [-0.2, 0) is 22.4 Å².